The second-order valence-electron chi connectivity index (χ2n) is 3.38. The predicted octanol–water partition coefficient (Wildman–Crippen LogP) is 2.19. The second kappa shape index (κ2) is 6.82. The smallest absolute Gasteiger partial charge is 0.0431 e. The Hall–Kier alpha value is -0.570. The van der Waals surface area contributed by atoms with Gasteiger partial charge in [0.2, 0.25) is 0 Å². The van der Waals surface area contributed by atoms with Crippen LogP contribution in [0.2, 0.25) is 0 Å². The second-order valence-corrected chi connectivity index (χ2v) is 3.38. The lowest BCUT2D eigenvalue weighted by Gasteiger charge is -2.10. The number of hydrogen-bond acceptors (Lipinski definition) is 2. The lowest BCUT2D eigenvalue weighted by atomic mass is 10.0. The number of aliphatic hydroxyl groups is 1. The van der Waals surface area contributed by atoms with Crippen LogP contribution in [0.1, 0.15) is 30.0 Å². The van der Waals surface area contributed by atoms with Gasteiger partial charge in [0.25, 0.3) is 0 Å². The molecule has 0 heterocycles. The van der Waals surface area contributed by atoms with E-state index in [1.165, 1.54) is 5.56 Å². The Morgan fingerprint density at radius 2 is 1.86 bits per heavy atom. The Labute approximate surface area is 91.5 Å². The topological polar surface area (TPSA) is 46.2 Å². The molecule has 0 aliphatic heterocycles. The average molecular weight is 216 g/mol. The van der Waals surface area contributed by atoms with Gasteiger partial charge in [-0.2, -0.15) is 0 Å². The number of nitrogens with two attached hydrogens (primary N) is 1. The van der Waals surface area contributed by atoms with Crippen molar-refractivity contribution in [1.82, 2.24) is 0 Å². The van der Waals surface area contributed by atoms with E-state index < -0.39 is 0 Å². The fourth-order valence-electron chi connectivity index (χ4n) is 1.29. The van der Waals surface area contributed by atoms with Gasteiger partial charge in [0.05, 0.1) is 0 Å². The van der Waals surface area contributed by atoms with Crippen molar-refractivity contribution in [3.8, 4) is 0 Å². The molecule has 0 aliphatic carbocycles. The lowest BCUT2D eigenvalue weighted by molar-refractivity contribution is 0.280. The van der Waals surface area contributed by atoms with Crippen LogP contribution in [-0.4, -0.2) is 11.7 Å². The summed E-state index contributed by atoms with van der Waals surface area (Å²) in [7, 11) is 0. The third kappa shape index (κ3) is 4.09. The van der Waals surface area contributed by atoms with E-state index in [4.69, 9.17) is 10.8 Å². The molecule has 1 rings (SSSR count). The summed E-state index contributed by atoms with van der Waals surface area (Å²) in [6.45, 7) is 2.28. The van der Waals surface area contributed by atoms with Crippen molar-refractivity contribution in [3.63, 3.8) is 0 Å². The first-order valence-corrected chi connectivity index (χ1v) is 4.67. The Morgan fingerprint density at radius 1 is 1.29 bits per heavy atom. The van der Waals surface area contributed by atoms with Gasteiger partial charge in [-0.05, 0) is 25.3 Å². The molecule has 0 unspecified atom stereocenters. The van der Waals surface area contributed by atoms with Crippen LogP contribution in [0.25, 0.3) is 0 Å². The molecule has 0 amide bonds. The predicted molar refractivity (Wildman–Crippen MR) is 61.7 cm³/mol. The minimum Gasteiger partial charge on any atom is -0.396 e. The summed E-state index contributed by atoms with van der Waals surface area (Å²) in [4.78, 5) is 0. The molecule has 2 nitrogen and oxygen atoms in total. The van der Waals surface area contributed by atoms with E-state index in [9.17, 15) is 0 Å². The molecule has 0 saturated heterocycles. The highest BCUT2D eigenvalue weighted by Crippen LogP contribution is 2.15. The van der Waals surface area contributed by atoms with Gasteiger partial charge in [0.15, 0.2) is 0 Å². The highest BCUT2D eigenvalue weighted by Gasteiger charge is 2.03. The van der Waals surface area contributed by atoms with E-state index in [-0.39, 0.29) is 25.1 Å². The van der Waals surface area contributed by atoms with Crippen LogP contribution < -0.4 is 5.73 Å². The van der Waals surface area contributed by atoms with Crippen LogP contribution in [0.3, 0.4) is 0 Å². The molecule has 0 aromatic heterocycles. The van der Waals surface area contributed by atoms with Crippen molar-refractivity contribution >= 4 is 12.4 Å². The zero-order valence-corrected chi connectivity index (χ0v) is 9.26. The molecule has 80 valence electrons. The summed E-state index contributed by atoms with van der Waals surface area (Å²) >= 11 is 0. The van der Waals surface area contributed by atoms with Gasteiger partial charge in [-0.25, -0.2) is 0 Å². The van der Waals surface area contributed by atoms with Crippen LogP contribution in [0.4, 0.5) is 0 Å². The van der Waals surface area contributed by atoms with Gasteiger partial charge < -0.3 is 10.8 Å². The standard InChI is InChI=1S/C11H17NO.ClH/c1-9-4-6-10(7-5-9)11(12)3-2-8-13;/h4-7,11,13H,2-3,8,12H2,1H3;1H/t11-;/m0./s1. The number of aryl methyl sites for hydroxylation is 1. The molecule has 3 N–H and O–H groups in total. The first-order valence-electron chi connectivity index (χ1n) is 4.67. The molecule has 0 radical (unpaired) electrons. The highest BCUT2D eigenvalue weighted by atomic mass is 35.5. The maximum Gasteiger partial charge on any atom is 0.0431 e. The normalized spacial score (nSPS) is 11.9. The van der Waals surface area contributed by atoms with Gasteiger partial charge >= 0.3 is 0 Å². The van der Waals surface area contributed by atoms with Crippen LogP contribution in [0.5, 0.6) is 0 Å². The molecule has 0 saturated carbocycles. The minimum absolute atomic E-state index is 0. The maximum absolute atomic E-state index is 8.65. The van der Waals surface area contributed by atoms with E-state index in [0.717, 1.165) is 18.4 Å². The summed E-state index contributed by atoms with van der Waals surface area (Å²) in [6.07, 6.45) is 1.62. The molecule has 0 bridgehead atoms. The summed E-state index contributed by atoms with van der Waals surface area (Å²) in [5, 5.41) is 8.65. The van der Waals surface area contributed by atoms with E-state index >= 15 is 0 Å². The van der Waals surface area contributed by atoms with Crippen LogP contribution in [-0.2, 0) is 0 Å². The molecular formula is C11H18ClNO. The first kappa shape index (κ1) is 13.4. The summed E-state index contributed by atoms with van der Waals surface area (Å²) in [6, 6.07) is 8.30. The first-order chi connectivity index (χ1) is 6.24. The van der Waals surface area contributed by atoms with Crippen molar-refractivity contribution in [2.75, 3.05) is 6.61 Å². The maximum atomic E-state index is 8.65. The van der Waals surface area contributed by atoms with Crippen LogP contribution in [0, 0.1) is 6.92 Å². The average Bonchev–Trinajstić information content (AvgIpc) is 2.15. The lowest BCUT2D eigenvalue weighted by Crippen LogP contribution is -2.10. The van der Waals surface area contributed by atoms with E-state index in [0.29, 0.717) is 0 Å². The highest BCUT2D eigenvalue weighted by molar-refractivity contribution is 5.85. The van der Waals surface area contributed by atoms with Gasteiger partial charge in [0.1, 0.15) is 0 Å². The number of hydrogen-bond donors (Lipinski definition) is 2. The quantitative estimate of drug-likeness (QED) is 0.809. The molecule has 1 aromatic carbocycles. The number of aliphatic hydroxyl groups excluding tert-OH is 1. The Morgan fingerprint density at radius 3 is 2.36 bits per heavy atom. The molecule has 0 aliphatic rings. The fourth-order valence-corrected chi connectivity index (χ4v) is 1.29. The zero-order chi connectivity index (χ0) is 9.68. The fraction of sp³-hybridized carbons (Fsp3) is 0.455. The van der Waals surface area contributed by atoms with E-state index in [1.54, 1.807) is 0 Å². The molecule has 14 heavy (non-hydrogen) atoms. The monoisotopic (exact) mass is 215 g/mol. The number of benzene rings is 1. The van der Waals surface area contributed by atoms with Crippen LogP contribution in [0.15, 0.2) is 24.3 Å². The Balaban J connectivity index is 0.00000169. The van der Waals surface area contributed by atoms with E-state index in [2.05, 4.69) is 31.2 Å². The van der Waals surface area contributed by atoms with Gasteiger partial charge in [-0.1, -0.05) is 29.8 Å². The zero-order valence-electron chi connectivity index (χ0n) is 8.44. The summed E-state index contributed by atoms with van der Waals surface area (Å²) in [5.74, 6) is 0. The third-order valence-corrected chi connectivity index (χ3v) is 2.18. The summed E-state index contributed by atoms with van der Waals surface area (Å²) < 4.78 is 0. The molecular weight excluding hydrogens is 198 g/mol. The van der Waals surface area contributed by atoms with Crippen molar-refractivity contribution in [2.45, 2.75) is 25.8 Å². The van der Waals surface area contributed by atoms with Crippen molar-refractivity contribution in [1.29, 1.82) is 0 Å². The Kier molecular flexibility index (Phi) is 6.54. The minimum atomic E-state index is 0. The van der Waals surface area contributed by atoms with E-state index in [1.807, 2.05) is 0 Å². The molecule has 1 atom stereocenters. The van der Waals surface area contributed by atoms with Gasteiger partial charge in [-0.3, -0.25) is 0 Å². The van der Waals surface area contributed by atoms with Gasteiger partial charge in [-0.15, -0.1) is 12.4 Å². The van der Waals surface area contributed by atoms with Crippen molar-refractivity contribution in [3.05, 3.63) is 35.4 Å². The van der Waals surface area contributed by atoms with Crippen molar-refractivity contribution in [2.24, 2.45) is 5.73 Å². The SMILES string of the molecule is Cc1ccc([C@@H](N)CCCO)cc1.Cl. The van der Waals surface area contributed by atoms with Crippen LogP contribution >= 0.6 is 12.4 Å². The van der Waals surface area contributed by atoms with Crippen molar-refractivity contribution < 1.29 is 5.11 Å². The third-order valence-electron chi connectivity index (χ3n) is 2.18. The van der Waals surface area contributed by atoms with Gasteiger partial charge in [0, 0.05) is 12.6 Å². The largest absolute Gasteiger partial charge is 0.396 e. The molecule has 0 spiro atoms. The number of halogens is 1. The number of rotatable bonds is 4. The molecule has 1 aromatic rings. The molecule has 0 fully saturated rings. The Bertz CT molecular complexity index is 248. The molecule has 3 heteroatoms. The summed E-state index contributed by atoms with van der Waals surface area (Å²) in [5.41, 5.74) is 8.32.